The van der Waals surface area contributed by atoms with Crippen molar-refractivity contribution in [1.29, 1.82) is 0 Å². The number of nitrogens with zero attached hydrogens (tertiary/aromatic N) is 2. The summed E-state index contributed by atoms with van der Waals surface area (Å²) >= 11 is 0. The number of para-hydroxylation sites is 1. The maximum absolute atomic E-state index is 11.7. The van der Waals surface area contributed by atoms with E-state index in [1.807, 2.05) is 30.3 Å². The third kappa shape index (κ3) is 9.89. The second kappa shape index (κ2) is 13.7. The molecule has 0 aliphatic carbocycles. The summed E-state index contributed by atoms with van der Waals surface area (Å²) in [6.07, 6.45) is 0. The molecule has 0 radical (unpaired) electrons. The first kappa shape index (κ1) is 24.5. The van der Waals surface area contributed by atoms with Crippen molar-refractivity contribution in [3.8, 4) is 0 Å². The molecule has 23 heavy (non-hydrogen) atoms. The van der Waals surface area contributed by atoms with Crippen LogP contribution in [0, 0.1) is 0 Å². The Morgan fingerprint density at radius 1 is 1.04 bits per heavy atom. The van der Waals surface area contributed by atoms with Gasteiger partial charge in [0.1, 0.15) is 0 Å². The minimum atomic E-state index is 0. The predicted octanol–water partition coefficient (Wildman–Crippen LogP) is 1.73. The standard InChI is InChI=1S/C15H24N4O.3ClH/c1-18-9-11-19(12-10-18)8-7-16-15(20)13-17-14-5-3-2-4-6-14;;;/h2-6,17H,7-13H2,1H3,(H,16,20);3*1H. The highest BCUT2D eigenvalue weighted by atomic mass is 35.5. The van der Waals surface area contributed by atoms with Crippen molar-refractivity contribution in [2.75, 3.05) is 58.2 Å². The largest absolute Gasteiger partial charge is 0.376 e. The number of anilines is 1. The van der Waals surface area contributed by atoms with Gasteiger partial charge in [-0.25, -0.2) is 0 Å². The van der Waals surface area contributed by atoms with E-state index in [1.165, 1.54) is 0 Å². The van der Waals surface area contributed by atoms with Gasteiger partial charge in [0.25, 0.3) is 0 Å². The molecule has 0 aromatic heterocycles. The summed E-state index contributed by atoms with van der Waals surface area (Å²) in [6, 6.07) is 9.78. The average Bonchev–Trinajstić information content (AvgIpc) is 2.48. The Hall–Kier alpha value is -0.720. The SMILES string of the molecule is CN1CCN(CCNC(=O)CNc2ccccc2)CC1.Cl.Cl.Cl. The molecule has 1 aromatic rings. The Kier molecular flexibility index (Phi) is 14.6. The molecule has 134 valence electrons. The zero-order chi connectivity index (χ0) is 14.2. The Morgan fingerprint density at radius 3 is 2.26 bits per heavy atom. The van der Waals surface area contributed by atoms with Gasteiger partial charge in [0.15, 0.2) is 0 Å². The molecule has 8 heteroatoms. The van der Waals surface area contributed by atoms with E-state index in [2.05, 4.69) is 27.5 Å². The number of halogens is 3. The van der Waals surface area contributed by atoms with Crippen LogP contribution in [0.25, 0.3) is 0 Å². The number of benzene rings is 1. The third-order valence-corrected chi connectivity index (χ3v) is 3.57. The van der Waals surface area contributed by atoms with Crippen molar-refractivity contribution in [2.24, 2.45) is 0 Å². The fourth-order valence-electron chi connectivity index (χ4n) is 2.23. The van der Waals surface area contributed by atoms with E-state index in [0.29, 0.717) is 6.54 Å². The minimum Gasteiger partial charge on any atom is -0.376 e. The van der Waals surface area contributed by atoms with Gasteiger partial charge in [0, 0.05) is 45.0 Å². The fraction of sp³-hybridized carbons (Fsp3) is 0.533. The highest BCUT2D eigenvalue weighted by Gasteiger charge is 2.13. The fourth-order valence-corrected chi connectivity index (χ4v) is 2.23. The van der Waals surface area contributed by atoms with Crippen molar-refractivity contribution in [3.63, 3.8) is 0 Å². The maximum atomic E-state index is 11.7. The van der Waals surface area contributed by atoms with Crippen LogP contribution in [0.3, 0.4) is 0 Å². The number of carbonyl (C=O) groups excluding carboxylic acids is 1. The van der Waals surface area contributed by atoms with Crippen LogP contribution in [0.4, 0.5) is 5.69 Å². The Morgan fingerprint density at radius 2 is 1.65 bits per heavy atom. The van der Waals surface area contributed by atoms with Gasteiger partial charge < -0.3 is 15.5 Å². The van der Waals surface area contributed by atoms with E-state index < -0.39 is 0 Å². The van der Waals surface area contributed by atoms with Crippen LogP contribution in [0.15, 0.2) is 30.3 Å². The first-order valence-electron chi connectivity index (χ1n) is 7.20. The van der Waals surface area contributed by atoms with Gasteiger partial charge in [0.05, 0.1) is 6.54 Å². The maximum Gasteiger partial charge on any atom is 0.239 e. The number of piperazine rings is 1. The molecular formula is C15H27Cl3N4O. The average molecular weight is 386 g/mol. The van der Waals surface area contributed by atoms with Crippen molar-refractivity contribution in [2.45, 2.75) is 0 Å². The lowest BCUT2D eigenvalue weighted by atomic mass is 10.3. The smallest absolute Gasteiger partial charge is 0.239 e. The topological polar surface area (TPSA) is 47.6 Å². The van der Waals surface area contributed by atoms with Crippen LogP contribution < -0.4 is 10.6 Å². The van der Waals surface area contributed by atoms with Gasteiger partial charge in [-0.05, 0) is 19.2 Å². The molecule has 0 atom stereocenters. The molecular weight excluding hydrogens is 359 g/mol. The van der Waals surface area contributed by atoms with Crippen LogP contribution in [-0.2, 0) is 4.79 Å². The summed E-state index contributed by atoms with van der Waals surface area (Å²) in [5.74, 6) is 0.0444. The van der Waals surface area contributed by atoms with Crippen LogP contribution in [-0.4, -0.2) is 68.6 Å². The molecule has 2 N–H and O–H groups in total. The van der Waals surface area contributed by atoms with Crippen molar-refractivity contribution in [3.05, 3.63) is 30.3 Å². The number of hydrogen-bond acceptors (Lipinski definition) is 4. The molecule has 1 heterocycles. The van der Waals surface area contributed by atoms with Crippen LogP contribution >= 0.6 is 37.2 Å². The van der Waals surface area contributed by atoms with E-state index in [-0.39, 0.29) is 43.1 Å². The van der Waals surface area contributed by atoms with E-state index in [9.17, 15) is 4.79 Å². The number of nitrogens with one attached hydrogen (secondary N) is 2. The second-order valence-electron chi connectivity index (χ2n) is 5.21. The van der Waals surface area contributed by atoms with Crippen LogP contribution in [0.1, 0.15) is 0 Å². The summed E-state index contributed by atoms with van der Waals surface area (Å²) in [5.41, 5.74) is 0.974. The van der Waals surface area contributed by atoms with Crippen LogP contribution in [0.2, 0.25) is 0 Å². The van der Waals surface area contributed by atoms with Gasteiger partial charge in [-0.3, -0.25) is 9.69 Å². The second-order valence-corrected chi connectivity index (χ2v) is 5.21. The lowest BCUT2D eigenvalue weighted by molar-refractivity contribution is -0.119. The van der Waals surface area contributed by atoms with Gasteiger partial charge >= 0.3 is 0 Å². The number of rotatable bonds is 6. The summed E-state index contributed by atoms with van der Waals surface area (Å²) in [5, 5.41) is 6.06. The van der Waals surface area contributed by atoms with E-state index >= 15 is 0 Å². The molecule has 1 amide bonds. The molecule has 0 spiro atoms. The van der Waals surface area contributed by atoms with Crippen molar-refractivity contribution >= 4 is 48.8 Å². The normalized spacial score (nSPS) is 14.7. The molecule has 1 fully saturated rings. The molecule has 5 nitrogen and oxygen atoms in total. The summed E-state index contributed by atoms with van der Waals surface area (Å²) in [4.78, 5) is 16.4. The zero-order valence-corrected chi connectivity index (χ0v) is 15.8. The Bertz CT molecular complexity index is 414. The number of likely N-dealkylation sites (N-methyl/N-ethyl adjacent to an activating group) is 1. The lowest BCUT2D eigenvalue weighted by Gasteiger charge is -2.32. The van der Waals surface area contributed by atoms with Crippen molar-refractivity contribution in [1.82, 2.24) is 15.1 Å². The van der Waals surface area contributed by atoms with Crippen LogP contribution in [0.5, 0.6) is 0 Å². The molecule has 1 aromatic carbocycles. The number of hydrogen-bond donors (Lipinski definition) is 2. The highest BCUT2D eigenvalue weighted by Crippen LogP contribution is 2.03. The minimum absolute atomic E-state index is 0. The number of amides is 1. The molecule has 0 unspecified atom stereocenters. The third-order valence-electron chi connectivity index (χ3n) is 3.57. The van der Waals surface area contributed by atoms with Crippen molar-refractivity contribution < 1.29 is 4.79 Å². The Balaban J connectivity index is 0. The monoisotopic (exact) mass is 384 g/mol. The molecule has 0 saturated carbocycles. The van der Waals surface area contributed by atoms with Gasteiger partial charge in [0.2, 0.25) is 5.91 Å². The summed E-state index contributed by atoms with van der Waals surface area (Å²) in [6.45, 7) is 6.40. The predicted molar refractivity (Wildman–Crippen MR) is 104 cm³/mol. The zero-order valence-electron chi connectivity index (χ0n) is 13.4. The van der Waals surface area contributed by atoms with Gasteiger partial charge in [-0.15, -0.1) is 37.2 Å². The Labute approximate surface area is 157 Å². The van der Waals surface area contributed by atoms with E-state index in [1.54, 1.807) is 0 Å². The highest BCUT2D eigenvalue weighted by molar-refractivity contribution is 5.86. The van der Waals surface area contributed by atoms with Gasteiger partial charge in [-0.2, -0.15) is 0 Å². The molecule has 1 saturated heterocycles. The number of carbonyl (C=O) groups is 1. The van der Waals surface area contributed by atoms with Gasteiger partial charge in [-0.1, -0.05) is 18.2 Å². The first-order valence-corrected chi connectivity index (χ1v) is 7.20. The lowest BCUT2D eigenvalue weighted by Crippen LogP contribution is -2.47. The summed E-state index contributed by atoms with van der Waals surface area (Å²) in [7, 11) is 2.15. The first-order chi connectivity index (χ1) is 9.74. The van der Waals surface area contributed by atoms with E-state index in [4.69, 9.17) is 0 Å². The molecule has 2 rings (SSSR count). The summed E-state index contributed by atoms with van der Waals surface area (Å²) < 4.78 is 0. The molecule has 0 bridgehead atoms. The molecule has 1 aliphatic rings. The van der Waals surface area contributed by atoms with E-state index in [0.717, 1.165) is 45.0 Å². The molecule has 1 aliphatic heterocycles. The quantitative estimate of drug-likeness (QED) is 0.783.